The van der Waals surface area contributed by atoms with E-state index in [-0.39, 0.29) is 11.8 Å². The maximum atomic E-state index is 12.8. The Kier molecular flexibility index (Phi) is 5.12. The number of anilines is 2. The third-order valence-electron chi connectivity index (χ3n) is 5.37. The Morgan fingerprint density at radius 2 is 2.04 bits per heavy atom. The first kappa shape index (κ1) is 18.0. The summed E-state index contributed by atoms with van der Waals surface area (Å²) in [6.45, 7) is 5.99. The number of fused-ring (bicyclic) bond motifs is 1. The fourth-order valence-corrected chi connectivity index (χ4v) is 4.78. The molecule has 2 aromatic heterocycles. The van der Waals surface area contributed by atoms with E-state index in [9.17, 15) is 4.79 Å². The fraction of sp³-hybridized carbons (Fsp3) is 0.364. The van der Waals surface area contributed by atoms with E-state index in [0.29, 0.717) is 0 Å². The van der Waals surface area contributed by atoms with Gasteiger partial charge in [0.1, 0.15) is 5.82 Å². The molecular formula is C22H25N3OS. The largest absolute Gasteiger partial charge is 0.356 e. The summed E-state index contributed by atoms with van der Waals surface area (Å²) in [7, 11) is 0. The van der Waals surface area contributed by atoms with Gasteiger partial charge in [-0.2, -0.15) is 0 Å². The lowest BCUT2D eigenvalue weighted by Gasteiger charge is -2.32. The molecular weight excluding hydrogens is 354 g/mol. The molecule has 1 amide bonds. The van der Waals surface area contributed by atoms with Crippen molar-refractivity contribution in [1.29, 1.82) is 0 Å². The Morgan fingerprint density at radius 3 is 2.81 bits per heavy atom. The zero-order valence-corrected chi connectivity index (χ0v) is 16.7. The molecule has 1 aromatic carbocycles. The Labute approximate surface area is 164 Å². The van der Waals surface area contributed by atoms with Crippen LogP contribution in [0.3, 0.4) is 0 Å². The number of para-hydroxylation sites is 1. The molecule has 0 spiro atoms. The lowest BCUT2D eigenvalue weighted by molar-refractivity contribution is -0.120. The van der Waals surface area contributed by atoms with Crippen LogP contribution < -0.4 is 10.2 Å². The number of thiophene rings is 1. The van der Waals surface area contributed by atoms with Gasteiger partial charge in [-0.05, 0) is 49.9 Å². The van der Waals surface area contributed by atoms with E-state index in [2.05, 4.69) is 47.2 Å². The minimum atomic E-state index is 0.0644. The van der Waals surface area contributed by atoms with Gasteiger partial charge in [0.15, 0.2) is 0 Å². The molecule has 27 heavy (non-hydrogen) atoms. The van der Waals surface area contributed by atoms with Crippen LogP contribution in [0.1, 0.15) is 30.2 Å². The third kappa shape index (κ3) is 3.69. The van der Waals surface area contributed by atoms with Crippen LogP contribution in [0.25, 0.3) is 10.1 Å². The van der Waals surface area contributed by atoms with Crippen molar-refractivity contribution in [1.82, 2.24) is 4.98 Å². The van der Waals surface area contributed by atoms with Gasteiger partial charge >= 0.3 is 0 Å². The number of hydrogen-bond donors (Lipinski definition) is 1. The van der Waals surface area contributed by atoms with Crippen LogP contribution in [0.15, 0.2) is 42.6 Å². The Morgan fingerprint density at radius 1 is 1.26 bits per heavy atom. The Hall–Kier alpha value is -2.40. The predicted octanol–water partition coefficient (Wildman–Crippen LogP) is 5.02. The zero-order valence-electron chi connectivity index (χ0n) is 15.9. The molecule has 5 heteroatoms. The molecule has 0 atom stereocenters. The number of nitrogens with one attached hydrogen (secondary N) is 1. The number of amides is 1. The Balaban J connectivity index is 1.43. The van der Waals surface area contributed by atoms with Crippen LogP contribution in [0.5, 0.6) is 0 Å². The van der Waals surface area contributed by atoms with Crippen molar-refractivity contribution in [2.45, 2.75) is 33.1 Å². The lowest BCUT2D eigenvalue weighted by atomic mass is 9.95. The normalized spacial score (nSPS) is 15.3. The average Bonchev–Trinajstić information content (AvgIpc) is 3.08. The van der Waals surface area contributed by atoms with E-state index < -0.39 is 0 Å². The van der Waals surface area contributed by atoms with E-state index in [1.165, 1.54) is 20.5 Å². The first-order chi connectivity index (χ1) is 13.2. The van der Waals surface area contributed by atoms with Crippen molar-refractivity contribution < 1.29 is 4.79 Å². The number of benzene rings is 1. The molecule has 0 saturated carbocycles. The number of nitrogens with zero attached hydrogens (tertiary/aromatic N) is 2. The van der Waals surface area contributed by atoms with Gasteiger partial charge in [-0.3, -0.25) is 4.79 Å². The monoisotopic (exact) mass is 379 g/mol. The van der Waals surface area contributed by atoms with Crippen LogP contribution in [-0.2, 0) is 11.2 Å². The summed E-state index contributed by atoms with van der Waals surface area (Å²) < 4.78 is 1.29. The number of carbonyl (C=O) groups is 1. The van der Waals surface area contributed by atoms with Crippen LogP contribution >= 0.6 is 11.3 Å². The van der Waals surface area contributed by atoms with Gasteiger partial charge in [0, 0.05) is 45.9 Å². The molecule has 1 aliphatic rings. The maximum Gasteiger partial charge on any atom is 0.227 e. The zero-order chi connectivity index (χ0) is 18.8. The highest BCUT2D eigenvalue weighted by molar-refractivity contribution is 7.19. The van der Waals surface area contributed by atoms with Gasteiger partial charge in [-0.15, -0.1) is 11.3 Å². The molecule has 1 saturated heterocycles. The number of carbonyl (C=O) groups excluding carboxylic acids is 1. The smallest absolute Gasteiger partial charge is 0.227 e. The summed E-state index contributed by atoms with van der Waals surface area (Å²) in [6.07, 6.45) is 4.54. The van der Waals surface area contributed by atoms with Crippen LogP contribution in [0, 0.1) is 12.8 Å². The minimum absolute atomic E-state index is 0.0644. The number of pyridine rings is 1. The van der Waals surface area contributed by atoms with Crippen molar-refractivity contribution in [3.05, 3.63) is 53.0 Å². The summed E-state index contributed by atoms with van der Waals surface area (Å²) in [6, 6.07) is 12.4. The molecule has 0 radical (unpaired) electrons. The lowest BCUT2D eigenvalue weighted by Crippen LogP contribution is -2.38. The van der Waals surface area contributed by atoms with Gasteiger partial charge in [-0.1, -0.05) is 25.1 Å². The van der Waals surface area contributed by atoms with Gasteiger partial charge in [0.05, 0.1) is 0 Å². The average molecular weight is 380 g/mol. The molecule has 140 valence electrons. The van der Waals surface area contributed by atoms with Gasteiger partial charge in [-0.25, -0.2) is 4.98 Å². The Bertz CT molecular complexity index is 957. The summed E-state index contributed by atoms with van der Waals surface area (Å²) in [4.78, 5) is 21.0. The second-order valence-electron chi connectivity index (χ2n) is 7.16. The molecule has 4 nitrogen and oxygen atoms in total. The van der Waals surface area contributed by atoms with Crippen molar-refractivity contribution in [3.8, 4) is 0 Å². The highest BCUT2D eigenvalue weighted by Gasteiger charge is 2.27. The molecule has 0 aliphatic carbocycles. The number of hydrogen-bond acceptors (Lipinski definition) is 4. The quantitative estimate of drug-likeness (QED) is 0.692. The number of rotatable bonds is 4. The fourth-order valence-electron chi connectivity index (χ4n) is 3.87. The third-order valence-corrected chi connectivity index (χ3v) is 6.38. The second-order valence-corrected chi connectivity index (χ2v) is 8.45. The molecule has 0 unspecified atom stereocenters. The van der Waals surface area contributed by atoms with E-state index in [0.717, 1.165) is 43.9 Å². The van der Waals surface area contributed by atoms with Crippen LogP contribution in [0.2, 0.25) is 0 Å². The van der Waals surface area contributed by atoms with Crippen molar-refractivity contribution in [2.24, 2.45) is 5.92 Å². The van der Waals surface area contributed by atoms with Gasteiger partial charge in [0.25, 0.3) is 0 Å². The van der Waals surface area contributed by atoms with Crippen molar-refractivity contribution >= 4 is 38.8 Å². The molecule has 1 aliphatic heterocycles. The van der Waals surface area contributed by atoms with Crippen LogP contribution in [-0.4, -0.2) is 24.0 Å². The molecule has 3 aromatic rings. The topological polar surface area (TPSA) is 45.2 Å². The first-order valence-electron chi connectivity index (χ1n) is 9.64. The second kappa shape index (κ2) is 7.69. The predicted molar refractivity (Wildman–Crippen MR) is 114 cm³/mol. The highest BCUT2D eigenvalue weighted by Crippen LogP contribution is 2.33. The van der Waals surface area contributed by atoms with Gasteiger partial charge in [0.2, 0.25) is 5.91 Å². The minimum Gasteiger partial charge on any atom is -0.356 e. The molecule has 1 N–H and O–H groups in total. The van der Waals surface area contributed by atoms with Crippen LogP contribution in [0.4, 0.5) is 11.5 Å². The van der Waals surface area contributed by atoms with Gasteiger partial charge < -0.3 is 10.2 Å². The molecule has 4 rings (SSSR count). The number of aromatic nitrogens is 1. The van der Waals surface area contributed by atoms with E-state index in [1.54, 1.807) is 0 Å². The highest BCUT2D eigenvalue weighted by atomic mass is 32.1. The van der Waals surface area contributed by atoms with E-state index >= 15 is 0 Å². The number of aryl methyl sites for hydroxylation is 2. The summed E-state index contributed by atoms with van der Waals surface area (Å²) in [5.41, 5.74) is 2.14. The van der Waals surface area contributed by atoms with Crippen molar-refractivity contribution in [3.63, 3.8) is 0 Å². The SMILES string of the molecule is CCc1ccccc1NC(=O)C1CCN(c2nccc3sc(C)cc23)CC1. The van der Waals surface area contributed by atoms with E-state index in [1.807, 2.05) is 35.7 Å². The summed E-state index contributed by atoms with van der Waals surface area (Å²) >= 11 is 1.81. The maximum absolute atomic E-state index is 12.8. The standard InChI is InChI=1S/C22H25N3OS/c1-3-16-6-4-5-7-19(16)24-22(26)17-9-12-25(13-10-17)21-18-14-15(2)27-20(18)8-11-23-21/h4-8,11,14,17H,3,9-10,12-13H2,1-2H3,(H,24,26). The molecule has 1 fully saturated rings. The number of piperidine rings is 1. The van der Waals surface area contributed by atoms with Crippen molar-refractivity contribution in [2.75, 3.05) is 23.3 Å². The summed E-state index contributed by atoms with van der Waals surface area (Å²) in [5.74, 6) is 1.27. The molecule has 3 heterocycles. The molecule has 0 bridgehead atoms. The van der Waals surface area contributed by atoms with E-state index in [4.69, 9.17) is 0 Å². The first-order valence-corrected chi connectivity index (χ1v) is 10.5. The summed E-state index contributed by atoms with van der Waals surface area (Å²) in [5, 5.41) is 4.38.